The van der Waals surface area contributed by atoms with Crippen molar-refractivity contribution in [2.24, 2.45) is 10.2 Å². The zero-order valence-electron chi connectivity index (χ0n) is 17.3. The van der Waals surface area contributed by atoms with Crippen LogP contribution in [-0.4, -0.2) is 44.5 Å². The molecule has 14 heteroatoms. The lowest BCUT2D eigenvalue weighted by Gasteiger charge is -2.16. The molecule has 0 amide bonds. The first-order valence-corrected chi connectivity index (χ1v) is 9.14. The lowest BCUT2D eigenvalue weighted by atomic mass is 9.91. The molecule has 0 saturated carbocycles. The Morgan fingerprint density at radius 3 is 2.45 bits per heavy atom. The standard InChI is InChI=1S/C17H18N12O2/c1-7-9(18-6)13(28(25-7)14-20-15(30)22-16(31)21-14)24-23-10-11(17(3,4)5)27-29-12(10)19-8(2)26-29/h27H,1-5H3,(H2,20,21,22,30,31). The molecule has 14 nitrogen and oxygen atoms in total. The van der Waals surface area contributed by atoms with Crippen LogP contribution in [0, 0.1) is 20.4 Å². The van der Waals surface area contributed by atoms with Crippen LogP contribution in [0.3, 0.4) is 0 Å². The van der Waals surface area contributed by atoms with Crippen molar-refractivity contribution in [3.05, 3.63) is 49.6 Å². The average molecular weight is 422 g/mol. The summed E-state index contributed by atoms with van der Waals surface area (Å²) < 4.78 is 2.61. The Hall–Kier alpha value is -4.41. The Morgan fingerprint density at radius 2 is 1.81 bits per heavy atom. The summed E-state index contributed by atoms with van der Waals surface area (Å²) in [4.78, 5) is 39.2. The zero-order valence-corrected chi connectivity index (χ0v) is 17.3. The van der Waals surface area contributed by atoms with E-state index in [9.17, 15) is 9.59 Å². The third-order valence-corrected chi connectivity index (χ3v) is 4.34. The number of nitrogens with one attached hydrogen (secondary N) is 3. The van der Waals surface area contributed by atoms with E-state index >= 15 is 0 Å². The fraction of sp³-hybridized carbons (Fsp3) is 0.353. The maximum Gasteiger partial charge on any atom is 0.352 e. The van der Waals surface area contributed by atoms with Gasteiger partial charge in [-0.05, 0) is 13.8 Å². The van der Waals surface area contributed by atoms with Crippen molar-refractivity contribution in [2.45, 2.75) is 40.0 Å². The van der Waals surface area contributed by atoms with Crippen LogP contribution in [0.2, 0.25) is 0 Å². The van der Waals surface area contributed by atoms with Gasteiger partial charge in [-0.2, -0.15) is 19.4 Å². The molecule has 158 valence electrons. The largest absolute Gasteiger partial charge is 0.352 e. The van der Waals surface area contributed by atoms with Crippen molar-refractivity contribution in [2.75, 3.05) is 0 Å². The van der Waals surface area contributed by atoms with E-state index in [1.807, 2.05) is 25.8 Å². The molecule has 0 atom stereocenters. The van der Waals surface area contributed by atoms with E-state index < -0.39 is 11.4 Å². The summed E-state index contributed by atoms with van der Waals surface area (Å²) >= 11 is 0. The maximum absolute atomic E-state index is 11.7. The fourth-order valence-corrected chi connectivity index (χ4v) is 2.99. The van der Waals surface area contributed by atoms with E-state index in [-0.39, 0.29) is 22.9 Å². The van der Waals surface area contributed by atoms with E-state index in [1.54, 1.807) is 13.8 Å². The van der Waals surface area contributed by atoms with Gasteiger partial charge in [0.1, 0.15) is 5.82 Å². The summed E-state index contributed by atoms with van der Waals surface area (Å²) in [5.74, 6) is 0.377. The number of aryl methyl sites for hydroxylation is 2. The Balaban J connectivity index is 1.94. The van der Waals surface area contributed by atoms with Gasteiger partial charge in [0, 0.05) is 5.41 Å². The van der Waals surface area contributed by atoms with Gasteiger partial charge in [-0.25, -0.2) is 19.4 Å². The summed E-state index contributed by atoms with van der Waals surface area (Å²) in [6.07, 6.45) is 0. The maximum atomic E-state index is 11.7. The first-order valence-electron chi connectivity index (χ1n) is 9.14. The van der Waals surface area contributed by atoms with Crippen LogP contribution in [0.5, 0.6) is 0 Å². The molecule has 0 bridgehead atoms. The van der Waals surface area contributed by atoms with Gasteiger partial charge in [0.2, 0.25) is 11.6 Å². The molecule has 31 heavy (non-hydrogen) atoms. The number of aromatic nitrogens is 9. The SMILES string of the molecule is [C-]#[N+]c1c(C)nn(-c2nc(=O)[nH]c(=O)[nH]2)c1N=Nc1c(C(C)(C)C)[nH]n2nc(C)nc12. The highest BCUT2D eigenvalue weighted by atomic mass is 16.2. The van der Waals surface area contributed by atoms with Crippen molar-refractivity contribution in [1.82, 2.24) is 44.5 Å². The number of rotatable bonds is 3. The lowest BCUT2D eigenvalue weighted by molar-refractivity contribution is 0.557. The third kappa shape index (κ3) is 3.41. The molecule has 0 unspecified atom stereocenters. The molecule has 0 aliphatic heterocycles. The lowest BCUT2D eigenvalue weighted by Crippen LogP contribution is -2.27. The molecule has 0 fully saturated rings. The van der Waals surface area contributed by atoms with Crippen molar-refractivity contribution in [1.29, 1.82) is 0 Å². The van der Waals surface area contributed by atoms with Gasteiger partial charge in [-0.15, -0.1) is 15.3 Å². The minimum atomic E-state index is -0.861. The van der Waals surface area contributed by atoms with Crippen LogP contribution in [0.15, 0.2) is 19.8 Å². The van der Waals surface area contributed by atoms with Crippen LogP contribution in [0.25, 0.3) is 16.4 Å². The Kier molecular flexibility index (Phi) is 4.38. The number of H-pyrrole nitrogens is 3. The van der Waals surface area contributed by atoms with Crippen molar-refractivity contribution >= 4 is 22.8 Å². The van der Waals surface area contributed by atoms with Gasteiger partial charge in [0.25, 0.3) is 5.69 Å². The number of fused-ring (bicyclic) bond motifs is 1. The van der Waals surface area contributed by atoms with Crippen LogP contribution in [-0.2, 0) is 5.41 Å². The monoisotopic (exact) mass is 422 g/mol. The first kappa shape index (κ1) is 19.9. The van der Waals surface area contributed by atoms with E-state index in [2.05, 4.69) is 45.3 Å². The molecule has 0 aliphatic carbocycles. The molecule has 4 aromatic rings. The summed E-state index contributed by atoms with van der Waals surface area (Å²) in [6.45, 7) is 16.8. The van der Waals surface area contributed by atoms with Crippen LogP contribution in [0.1, 0.15) is 38.0 Å². The highest BCUT2D eigenvalue weighted by Gasteiger charge is 2.26. The molecule has 0 aromatic carbocycles. The normalized spacial score (nSPS) is 12.1. The van der Waals surface area contributed by atoms with Crippen LogP contribution in [0.4, 0.5) is 17.2 Å². The Morgan fingerprint density at radius 1 is 1.06 bits per heavy atom. The number of hydrogen-bond acceptors (Lipinski definition) is 8. The number of hydrogen-bond donors (Lipinski definition) is 3. The molecule has 0 saturated heterocycles. The second kappa shape index (κ2) is 6.83. The summed E-state index contributed by atoms with van der Waals surface area (Å²) in [5, 5.41) is 20.2. The quantitative estimate of drug-likeness (QED) is 0.336. The Labute approximate surface area is 173 Å². The van der Waals surface area contributed by atoms with Gasteiger partial charge >= 0.3 is 11.4 Å². The highest BCUT2D eigenvalue weighted by Crippen LogP contribution is 2.37. The molecule has 0 radical (unpaired) electrons. The molecule has 4 heterocycles. The van der Waals surface area contributed by atoms with E-state index in [0.29, 0.717) is 22.9 Å². The molecule has 4 aromatic heterocycles. The number of aromatic amines is 3. The first-order chi connectivity index (χ1) is 14.6. The van der Waals surface area contributed by atoms with E-state index in [1.165, 1.54) is 4.63 Å². The van der Waals surface area contributed by atoms with Crippen molar-refractivity contribution < 1.29 is 0 Å². The number of azo groups is 1. The summed E-state index contributed by atoms with van der Waals surface area (Å²) in [7, 11) is 0. The molecule has 0 aliphatic rings. The second-order valence-corrected chi connectivity index (χ2v) is 7.78. The summed E-state index contributed by atoms with van der Waals surface area (Å²) in [6, 6.07) is 0. The zero-order chi connectivity index (χ0) is 22.5. The second-order valence-electron chi connectivity index (χ2n) is 7.78. The minimum absolute atomic E-state index is 0.0108. The predicted molar refractivity (Wildman–Crippen MR) is 109 cm³/mol. The van der Waals surface area contributed by atoms with Crippen LogP contribution >= 0.6 is 0 Å². The van der Waals surface area contributed by atoms with E-state index in [0.717, 1.165) is 10.4 Å². The van der Waals surface area contributed by atoms with Crippen molar-refractivity contribution in [3.8, 4) is 5.95 Å². The molecule has 0 spiro atoms. The molecular formula is C17H18N12O2. The third-order valence-electron chi connectivity index (χ3n) is 4.34. The summed E-state index contributed by atoms with van der Waals surface area (Å²) in [5.41, 5.74) is 0.137. The van der Waals surface area contributed by atoms with Crippen LogP contribution < -0.4 is 11.4 Å². The van der Waals surface area contributed by atoms with Gasteiger partial charge in [0.05, 0.1) is 18.0 Å². The van der Waals surface area contributed by atoms with Gasteiger partial charge in [-0.3, -0.25) is 15.1 Å². The van der Waals surface area contributed by atoms with Gasteiger partial charge in [0.15, 0.2) is 11.5 Å². The molecule has 4 rings (SSSR count). The van der Waals surface area contributed by atoms with Crippen molar-refractivity contribution in [3.63, 3.8) is 0 Å². The smallest absolute Gasteiger partial charge is 0.277 e. The highest BCUT2D eigenvalue weighted by molar-refractivity contribution is 5.70. The minimum Gasteiger partial charge on any atom is -0.277 e. The Bertz CT molecular complexity index is 1470. The predicted octanol–water partition coefficient (Wildman–Crippen LogP) is 1.90. The number of nitrogens with zero attached hydrogens (tertiary/aromatic N) is 9. The average Bonchev–Trinajstić information content (AvgIpc) is 3.28. The topological polar surface area (TPSA) is 171 Å². The van der Waals surface area contributed by atoms with Gasteiger partial charge in [-0.1, -0.05) is 20.8 Å². The van der Waals surface area contributed by atoms with E-state index in [4.69, 9.17) is 6.57 Å². The van der Waals surface area contributed by atoms with Gasteiger partial charge < -0.3 is 0 Å². The molecule has 3 N–H and O–H groups in total. The molecular weight excluding hydrogens is 404 g/mol. The fourth-order valence-electron chi connectivity index (χ4n) is 2.99.